The van der Waals surface area contributed by atoms with E-state index in [2.05, 4.69) is 14.3 Å². The zero-order valence-electron chi connectivity index (χ0n) is 18.3. The first-order valence-electron chi connectivity index (χ1n) is 10.7. The summed E-state index contributed by atoms with van der Waals surface area (Å²) in [6, 6.07) is 5.21. The van der Waals surface area contributed by atoms with E-state index in [-0.39, 0.29) is 25.4 Å². The summed E-state index contributed by atoms with van der Waals surface area (Å²) in [5, 5.41) is 0.871. The molecular weight excluding hydrogens is 434 g/mol. The summed E-state index contributed by atoms with van der Waals surface area (Å²) in [7, 11) is -0.946. The number of nitrogens with zero attached hydrogens (tertiary/aromatic N) is 5. The molecule has 0 bridgehead atoms. The summed E-state index contributed by atoms with van der Waals surface area (Å²) < 4.78 is 44.9. The Morgan fingerprint density at radius 3 is 2.72 bits per heavy atom. The van der Waals surface area contributed by atoms with E-state index in [1.807, 2.05) is 23.1 Å². The van der Waals surface area contributed by atoms with E-state index in [1.165, 1.54) is 0 Å². The molecule has 2 atom stereocenters. The number of aromatic nitrogens is 4. The van der Waals surface area contributed by atoms with Crippen LogP contribution in [-0.2, 0) is 14.5 Å². The van der Waals surface area contributed by atoms with Crippen LogP contribution in [0.2, 0.25) is 0 Å². The van der Waals surface area contributed by atoms with Crippen LogP contribution in [0.5, 0.6) is 0 Å². The minimum absolute atomic E-state index is 0.201. The number of anilines is 1. The van der Waals surface area contributed by atoms with E-state index < -0.39 is 20.4 Å². The molecule has 2 fully saturated rings. The van der Waals surface area contributed by atoms with Gasteiger partial charge in [-0.15, -0.1) is 0 Å². The van der Waals surface area contributed by atoms with E-state index in [9.17, 15) is 13.0 Å². The van der Waals surface area contributed by atoms with E-state index in [1.54, 1.807) is 32.6 Å². The third kappa shape index (κ3) is 3.35. The summed E-state index contributed by atoms with van der Waals surface area (Å²) in [6.45, 7) is 2.00. The van der Waals surface area contributed by atoms with Gasteiger partial charge in [-0.05, 0) is 31.9 Å². The largest absolute Gasteiger partial charge is 0.353 e. The van der Waals surface area contributed by atoms with Crippen molar-refractivity contribution < 1.29 is 13.0 Å². The first-order valence-corrected chi connectivity index (χ1v) is 12.6. The molecule has 3 aromatic rings. The maximum Gasteiger partial charge on any atom is 0.251 e. The second-order valence-electron chi connectivity index (χ2n) is 8.87. The van der Waals surface area contributed by atoms with E-state index in [4.69, 9.17) is 9.97 Å². The monoisotopic (exact) mass is 460 g/mol. The average molecular weight is 461 g/mol. The molecule has 0 amide bonds. The van der Waals surface area contributed by atoms with Gasteiger partial charge in [0, 0.05) is 68.1 Å². The predicted molar refractivity (Wildman–Crippen MR) is 121 cm³/mol. The van der Waals surface area contributed by atoms with Crippen molar-refractivity contribution in [3.63, 3.8) is 0 Å². The number of fused-ring (bicyclic) bond motifs is 1. The van der Waals surface area contributed by atoms with Gasteiger partial charge in [-0.2, -0.15) is 0 Å². The minimum atomic E-state index is -2.67. The van der Waals surface area contributed by atoms with Crippen molar-refractivity contribution in [3.05, 3.63) is 36.3 Å². The van der Waals surface area contributed by atoms with Crippen LogP contribution in [0.3, 0.4) is 0 Å². The van der Waals surface area contributed by atoms with Crippen molar-refractivity contribution in [2.75, 3.05) is 24.7 Å². The average Bonchev–Trinajstić information content (AvgIpc) is 3.44. The molecule has 0 aromatic carbocycles. The Bertz CT molecular complexity index is 1310. The van der Waals surface area contributed by atoms with Gasteiger partial charge in [0.2, 0.25) is 0 Å². The summed E-state index contributed by atoms with van der Waals surface area (Å²) >= 11 is 0. The number of hydrogen-bond acceptors (Lipinski definition) is 6. The number of rotatable bonds is 4. The number of piperidine rings is 1. The van der Waals surface area contributed by atoms with Gasteiger partial charge in [-0.1, -0.05) is 0 Å². The quantitative estimate of drug-likeness (QED) is 0.625. The number of nitrogens with one attached hydrogen (secondary N) is 1. The van der Waals surface area contributed by atoms with Gasteiger partial charge in [0.1, 0.15) is 11.5 Å². The number of alkyl halides is 2. The van der Waals surface area contributed by atoms with Gasteiger partial charge in [0.05, 0.1) is 20.2 Å². The number of hydrogen-bond donors (Lipinski definition) is 1. The molecule has 1 aliphatic carbocycles. The Balaban J connectivity index is 1.69. The van der Waals surface area contributed by atoms with E-state index in [0.29, 0.717) is 23.0 Å². The van der Waals surface area contributed by atoms with Crippen molar-refractivity contribution in [1.82, 2.24) is 19.9 Å². The van der Waals surface area contributed by atoms with Crippen LogP contribution < -0.4 is 4.90 Å². The van der Waals surface area contributed by atoms with Crippen LogP contribution >= 0.6 is 0 Å². The summed E-state index contributed by atoms with van der Waals surface area (Å²) in [4.78, 5) is 19.0. The van der Waals surface area contributed by atoms with Crippen LogP contribution in [0, 0.1) is 0 Å². The van der Waals surface area contributed by atoms with Crippen LogP contribution in [0.25, 0.3) is 22.4 Å². The Labute approximate surface area is 185 Å². The lowest BCUT2D eigenvalue weighted by Gasteiger charge is -2.38. The van der Waals surface area contributed by atoms with Crippen molar-refractivity contribution in [1.29, 1.82) is 0 Å². The summed E-state index contributed by atoms with van der Waals surface area (Å²) in [6.07, 6.45) is 6.16. The van der Waals surface area contributed by atoms with Crippen LogP contribution in [0.4, 0.5) is 14.6 Å². The van der Waals surface area contributed by atoms with Crippen molar-refractivity contribution >= 4 is 26.6 Å². The molecule has 7 nitrogen and oxygen atoms in total. The first-order chi connectivity index (χ1) is 15.2. The van der Waals surface area contributed by atoms with Gasteiger partial charge in [0.15, 0.2) is 5.82 Å². The molecule has 10 heteroatoms. The molecule has 4 heterocycles. The molecule has 3 aromatic heterocycles. The molecule has 1 unspecified atom stereocenters. The maximum absolute atomic E-state index is 14.0. The Hall–Kier alpha value is -2.62. The first kappa shape index (κ1) is 21.2. The molecule has 0 spiro atoms. The summed E-state index contributed by atoms with van der Waals surface area (Å²) in [5.41, 5.74) is 2.18. The lowest BCUT2D eigenvalue weighted by molar-refractivity contribution is -0.0319. The fourth-order valence-corrected chi connectivity index (χ4v) is 6.40. The number of halogens is 2. The van der Waals surface area contributed by atoms with E-state index >= 15 is 0 Å². The lowest BCUT2D eigenvalue weighted by atomic mass is 9.99. The van der Waals surface area contributed by atoms with Crippen LogP contribution in [0.15, 0.2) is 35.0 Å². The maximum atomic E-state index is 14.0. The molecule has 1 aliphatic heterocycles. The Morgan fingerprint density at radius 2 is 2.03 bits per heavy atom. The summed E-state index contributed by atoms with van der Waals surface area (Å²) in [5.74, 6) is -1.61. The predicted octanol–water partition coefficient (Wildman–Crippen LogP) is 4.36. The zero-order chi connectivity index (χ0) is 22.7. The van der Waals surface area contributed by atoms with Gasteiger partial charge in [-0.3, -0.25) is 0 Å². The second-order valence-corrected chi connectivity index (χ2v) is 11.6. The highest BCUT2D eigenvalue weighted by Crippen LogP contribution is 2.53. The molecule has 2 aliphatic rings. The van der Waals surface area contributed by atoms with Gasteiger partial charge in [0.25, 0.3) is 5.92 Å². The SMILES string of the molecule is CN=S(C)(=O)C1(c2cc(N3CCC(F)(F)C[C@H]3C)nc(-c3ccnc4[nH]ccc34)n2)CC1. The van der Waals surface area contributed by atoms with Gasteiger partial charge < -0.3 is 9.88 Å². The lowest BCUT2D eigenvalue weighted by Crippen LogP contribution is -2.46. The molecule has 32 heavy (non-hydrogen) atoms. The van der Waals surface area contributed by atoms with Crippen molar-refractivity contribution in [2.24, 2.45) is 4.36 Å². The Kier molecular flexibility index (Phi) is 4.77. The fraction of sp³-hybridized carbons (Fsp3) is 0.500. The molecule has 170 valence electrons. The molecule has 5 rings (SSSR count). The highest BCUT2D eigenvalue weighted by Gasteiger charge is 2.53. The van der Waals surface area contributed by atoms with E-state index in [0.717, 1.165) is 23.8 Å². The smallest absolute Gasteiger partial charge is 0.251 e. The standard InChI is InChI=1S/C22H26F2N6OS/c1-14-13-22(23,24)8-11-30(14)18-12-17(21(6-7-21)32(3,31)25-2)28-20(29-18)16-5-10-27-19-15(16)4-9-26-19/h4-5,9-10,12,14H,6-8,11,13H2,1-3H3,(H,26,27)/t14-,32?/m1/s1. The number of aromatic amines is 1. The molecule has 0 radical (unpaired) electrons. The van der Waals surface area contributed by atoms with Crippen LogP contribution in [0.1, 0.15) is 38.3 Å². The highest BCUT2D eigenvalue weighted by molar-refractivity contribution is 7.94. The normalized spacial score (nSPS) is 23.7. The molecule has 1 N–H and O–H groups in total. The number of H-pyrrole nitrogens is 1. The topological polar surface area (TPSA) is 87.1 Å². The highest BCUT2D eigenvalue weighted by atomic mass is 32.2. The van der Waals surface area contributed by atoms with Gasteiger partial charge in [-0.25, -0.2) is 32.3 Å². The van der Waals surface area contributed by atoms with Gasteiger partial charge >= 0.3 is 0 Å². The minimum Gasteiger partial charge on any atom is -0.353 e. The third-order valence-electron chi connectivity index (χ3n) is 6.80. The van der Waals surface area contributed by atoms with Crippen molar-refractivity contribution in [2.45, 2.75) is 49.3 Å². The molecule has 1 saturated heterocycles. The number of pyridine rings is 1. The van der Waals surface area contributed by atoms with Crippen molar-refractivity contribution in [3.8, 4) is 11.4 Å². The van der Waals surface area contributed by atoms with Crippen LogP contribution in [-0.4, -0.2) is 56.0 Å². The molecular formula is C22H26F2N6OS. The Morgan fingerprint density at radius 1 is 1.25 bits per heavy atom. The zero-order valence-corrected chi connectivity index (χ0v) is 19.1. The second kappa shape index (κ2) is 7.19. The third-order valence-corrected chi connectivity index (χ3v) is 9.56. The fourth-order valence-electron chi connectivity index (χ4n) is 4.70. The molecule has 1 saturated carbocycles.